The molecule has 96 valence electrons. The SMILES string of the molecule is O=C(Nc1ccc2c(c1)CCO2)c1ccc(Cl)cc1. The molecule has 2 aromatic rings. The fraction of sp³-hybridized carbons (Fsp3) is 0.133. The van der Waals surface area contributed by atoms with Gasteiger partial charge in [0.25, 0.3) is 5.91 Å². The number of halogens is 1. The van der Waals surface area contributed by atoms with Gasteiger partial charge in [-0.15, -0.1) is 0 Å². The van der Waals surface area contributed by atoms with Crippen LogP contribution in [0.5, 0.6) is 5.75 Å². The molecule has 0 fully saturated rings. The average molecular weight is 274 g/mol. The van der Waals surface area contributed by atoms with Gasteiger partial charge in [0.2, 0.25) is 0 Å². The van der Waals surface area contributed by atoms with E-state index in [1.54, 1.807) is 24.3 Å². The zero-order valence-corrected chi connectivity index (χ0v) is 10.9. The summed E-state index contributed by atoms with van der Waals surface area (Å²) >= 11 is 5.79. The molecule has 0 unspecified atom stereocenters. The Kier molecular flexibility index (Phi) is 3.13. The first-order valence-corrected chi connectivity index (χ1v) is 6.43. The Morgan fingerprint density at radius 1 is 1.16 bits per heavy atom. The number of carbonyl (C=O) groups is 1. The summed E-state index contributed by atoms with van der Waals surface area (Å²) in [5, 5.41) is 3.49. The van der Waals surface area contributed by atoms with Crippen LogP contribution in [0.2, 0.25) is 5.02 Å². The first kappa shape index (κ1) is 12.1. The molecule has 0 saturated carbocycles. The highest BCUT2D eigenvalue weighted by atomic mass is 35.5. The first-order chi connectivity index (χ1) is 9.22. The minimum atomic E-state index is -0.143. The number of hydrogen-bond acceptors (Lipinski definition) is 2. The van der Waals surface area contributed by atoms with Crippen molar-refractivity contribution in [3.63, 3.8) is 0 Å². The summed E-state index contributed by atoms with van der Waals surface area (Å²) in [6.45, 7) is 0.712. The minimum absolute atomic E-state index is 0.143. The summed E-state index contributed by atoms with van der Waals surface area (Å²) in [6.07, 6.45) is 0.889. The summed E-state index contributed by atoms with van der Waals surface area (Å²) in [5.74, 6) is 0.764. The van der Waals surface area contributed by atoms with Gasteiger partial charge >= 0.3 is 0 Å². The number of rotatable bonds is 2. The molecule has 1 heterocycles. The molecular formula is C15H12ClNO2. The van der Waals surface area contributed by atoms with E-state index in [4.69, 9.17) is 16.3 Å². The van der Waals surface area contributed by atoms with Crippen LogP contribution in [-0.4, -0.2) is 12.5 Å². The third kappa shape index (κ3) is 2.56. The van der Waals surface area contributed by atoms with Gasteiger partial charge in [0.15, 0.2) is 0 Å². The monoisotopic (exact) mass is 273 g/mol. The highest BCUT2D eigenvalue weighted by molar-refractivity contribution is 6.30. The van der Waals surface area contributed by atoms with Crippen molar-refractivity contribution in [1.82, 2.24) is 0 Å². The number of carbonyl (C=O) groups excluding carboxylic acids is 1. The molecule has 0 saturated heterocycles. The summed E-state index contributed by atoms with van der Waals surface area (Å²) in [4.78, 5) is 12.0. The van der Waals surface area contributed by atoms with Crippen molar-refractivity contribution >= 4 is 23.2 Å². The second kappa shape index (κ2) is 4.94. The van der Waals surface area contributed by atoms with Crippen molar-refractivity contribution in [2.75, 3.05) is 11.9 Å². The Hall–Kier alpha value is -2.00. The van der Waals surface area contributed by atoms with Crippen molar-refractivity contribution in [3.05, 3.63) is 58.6 Å². The van der Waals surface area contributed by atoms with Gasteiger partial charge in [-0.25, -0.2) is 0 Å². The van der Waals surface area contributed by atoms with E-state index in [0.717, 1.165) is 23.4 Å². The number of fused-ring (bicyclic) bond motifs is 1. The molecule has 1 amide bonds. The summed E-state index contributed by atoms with van der Waals surface area (Å²) in [7, 11) is 0. The van der Waals surface area contributed by atoms with Gasteiger partial charge in [0, 0.05) is 22.7 Å². The van der Waals surface area contributed by atoms with E-state index in [9.17, 15) is 4.79 Å². The molecule has 2 aromatic carbocycles. The molecule has 4 heteroatoms. The summed E-state index contributed by atoms with van der Waals surface area (Å²) in [6, 6.07) is 12.5. The van der Waals surface area contributed by atoms with E-state index in [2.05, 4.69) is 5.32 Å². The fourth-order valence-electron chi connectivity index (χ4n) is 2.07. The molecule has 0 atom stereocenters. The van der Waals surface area contributed by atoms with Crippen molar-refractivity contribution in [2.24, 2.45) is 0 Å². The molecule has 0 spiro atoms. The average Bonchev–Trinajstić information content (AvgIpc) is 2.87. The molecule has 1 aliphatic heterocycles. The predicted molar refractivity (Wildman–Crippen MR) is 75.0 cm³/mol. The maximum absolute atomic E-state index is 12.0. The quantitative estimate of drug-likeness (QED) is 0.909. The molecule has 1 aliphatic rings. The number of hydrogen-bond donors (Lipinski definition) is 1. The van der Waals surface area contributed by atoms with Crippen LogP contribution in [-0.2, 0) is 6.42 Å². The molecule has 0 bridgehead atoms. The van der Waals surface area contributed by atoms with E-state index < -0.39 is 0 Å². The van der Waals surface area contributed by atoms with E-state index in [-0.39, 0.29) is 5.91 Å². The van der Waals surface area contributed by atoms with Crippen LogP contribution in [0.25, 0.3) is 0 Å². The largest absolute Gasteiger partial charge is 0.493 e. The third-order valence-electron chi connectivity index (χ3n) is 3.05. The van der Waals surface area contributed by atoms with Crippen molar-refractivity contribution in [1.29, 1.82) is 0 Å². The lowest BCUT2D eigenvalue weighted by atomic mass is 10.1. The molecule has 1 N–H and O–H groups in total. The first-order valence-electron chi connectivity index (χ1n) is 6.05. The molecular weight excluding hydrogens is 262 g/mol. The van der Waals surface area contributed by atoms with Gasteiger partial charge in [0.1, 0.15) is 5.75 Å². The van der Waals surface area contributed by atoms with Gasteiger partial charge in [-0.05, 0) is 48.0 Å². The Morgan fingerprint density at radius 3 is 2.74 bits per heavy atom. The van der Waals surface area contributed by atoms with E-state index in [1.807, 2.05) is 18.2 Å². The minimum Gasteiger partial charge on any atom is -0.493 e. The van der Waals surface area contributed by atoms with Gasteiger partial charge in [0.05, 0.1) is 6.61 Å². The zero-order valence-electron chi connectivity index (χ0n) is 10.2. The van der Waals surface area contributed by atoms with Gasteiger partial charge in [-0.3, -0.25) is 4.79 Å². The summed E-state index contributed by atoms with van der Waals surface area (Å²) < 4.78 is 5.43. The Balaban J connectivity index is 1.77. The molecule has 3 rings (SSSR count). The Bertz CT molecular complexity index is 623. The molecule has 0 aromatic heterocycles. The predicted octanol–water partition coefficient (Wildman–Crippen LogP) is 3.53. The molecule has 3 nitrogen and oxygen atoms in total. The molecule has 0 radical (unpaired) electrons. The number of anilines is 1. The number of ether oxygens (including phenoxy) is 1. The van der Waals surface area contributed by atoms with Crippen LogP contribution in [0, 0.1) is 0 Å². The van der Waals surface area contributed by atoms with Crippen molar-refractivity contribution in [2.45, 2.75) is 6.42 Å². The smallest absolute Gasteiger partial charge is 0.255 e. The lowest BCUT2D eigenvalue weighted by Gasteiger charge is -2.07. The normalized spacial score (nSPS) is 12.7. The van der Waals surface area contributed by atoms with Crippen LogP contribution in [0.4, 0.5) is 5.69 Å². The Labute approximate surface area is 116 Å². The van der Waals surface area contributed by atoms with Crippen molar-refractivity contribution in [3.8, 4) is 5.75 Å². The lowest BCUT2D eigenvalue weighted by molar-refractivity contribution is 0.102. The van der Waals surface area contributed by atoms with Gasteiger partial charge in [-0.2, -0.15) is 0 Å². The Morgan fingerprint density at radius 2 is 1.95 bits per heavy atom. The maximum atomic E-state index is 12.0. The number of nitrogens with one attached hydrogen (secondary N) is 1. The van der Waals surface area contributed by atoms with Crippen LogP contribution < -0.4 is 10.1 Å². The van der Waals surface area contributed by atoms with Crippen LogP contribution in [0.3, 0.4) is 0 Å². The van der Waals surface area contributed by atoms with Gasteiger partial charge < -0.3 is 10.1 Å². The zero-order chi connectivity index (χ0) is 13.2. The van der Waals surface area contributed by atoms with Crippen LogP contribution in [0.15, 0.2) is 42.5 Å². The fourth-order valence-corrected chi connectivity index (χ4v) is 2.19. The van der Waals surface area contributed by atoms with Crippen LogP contribution >= 0.6 is 11.6 Å². The second-order valence-corrected chi connectivity index (χ2v) is 4.82. The van der Waals surface area contributed by atoms with Crippen molar-refractivity contribution < 1.29 is 9.53 Å². The van der Waals surface area contributed by atoms with E-state index in [0.29, 0.717) is 17.2 Å². The number of amides is 1. The second-order valence-electron chi connectivity index (χ2n) is 4.38. The lowest BCUT2D eigenvalue weighted by Crippen LogP contribution is -2.11. The van der Waals surface area contributed by atoms with E-state index in [1.165, 1.54) is 0 Å². The highest BCUT2D eigenvalue weighted by Crippen LogP contribution is 2.28. The summed E-state index contributed by atoms with van der Waals surface area (Å²) in [5.41, 5.74) is 2.50. The third-order valence-corrected chi connectivity index (χ3v) is 3.31. The van der Waals surface area contributed by atoms with Gasteiger partial charge in [-0.1, -0.05) is 11.6 Å². The maximum Gasteiger partial charge on any atom is 0.255 e. The topological polar surface area (TPSA) is 38.3 Å². The highest BCUT2D eigenvalue weighted by Gasteiger charge is 2.13. The van der Waals surface area contributed by atoms with E-state index >= 15 is 0 Å². The number of benzene rings is 2. The van der Waals surface area contributed by atoms with Crippen LogP contribution in [0.1, 0.15) is 15.9 Å². The molecule has 0 aliphatic carbocycles. The standard InChI is InChI=1S/C15H12ClNO2/c16-12-3-1-10(2-4-12)15(18)17-13-5-6-14-11(9-13)7-8-19-14/h1-6,9H,7-8H2,(H,17,18). The molecule has 19 heavy (non-hydrogen) atoms.